The van der Waals surface area contributed by atoms with E-state index in [1.54, 1.807) is 6.92 Å². The summed E-state index contributed by atoms with van der Waals surface area (Å²) in [6.45, 7) is 2.50. The minimum Gasteiger partial charge on any atom is -0.374 e. The normalized spacial score (nSPS) is 19.8. The molecule has 0 fully saturated rings. The van der Waals surface area contributed by atoms with Crippen LogP contribution >= 0.6 is 0 Å². The highest BCUT2D eigenvalue weighted by Crippen LogP contribution is 2.28. The van der Waals surface area contributed by atoms with Crippen LogP contribution in [0.25, 0.3) is 0 Å². The van der Waals surface area contributed by atoms with Gasteiger partial charge in [-0.25, -0.2) is 0 Å². The van der Waals surface area contributed by atoms with Crippen molar-refractivity contribution in [3.63, 3.8) is 0 Å². The van der Waals surface area contributed by atoms with Crippen LogP contribution in [0.4, 0.5) is 0 Å². The van der Waals surface area contributed by atoms with Gasteiger partial charge in [0.15, 0.2) is 0 Å². The third kappa shape index (κ3) is 2.45. The van der Waals surface area contributed by atoms with Crippen molar-refractivity contribution < 1.29 is 5.11 Å². The van der Waals surface area contributed by atoms with E-state index in [9.17, 15) is 5.11 Å². The molecular formula is C17H18N2O. The number of rotatable bonds is 3. The minimum atomic E-state index is -0.539. The van der Waals surface area contributed by atoms with Gasteiger partial charge in [0.1, 0.15) is 12.1 Å². The number of amidine groups is 1. The Morgan fingerprint density at radius 2 is 1.65 bits per heavy atom. The molecule has 0 saturated carbocycles. The van der Waals surface area contributed by atoms with Crippen LogP contribution in [0.15, 0.2) is 65.7 Å². The molecule has 2 aromatic carbocycles. The maximum atomic E-state index is 9.99. The van der Waals surface area contributed by atoms with E-state index in [1.807, 2.05) is 53.4 Å². The van der Waals surface area contributed by atoms with Crippen molar-refractivity contribution >= 4 is 5.84 Å². The predicted octanol–water partition coefficient (Wildman–Crippen LogP) is 2.83. The van der Waals surface area contributed by atoms with Gasteiger partial charge in [0, 0.05) is 12.1 Å². The van der Waals surface area contributed by atoms with Gasteiger partial charge < -0.3 is 10.0 Å². The standard InChI is InChI=1S/C17H18N2O/c1-13(20)19-12-16(14-8-4-2-5-9-14)18-17(19)15-10-6-3-7-11-15/h2-11,13,16,20H,12H2,1H3. The number of benzene rings is 2. The molecule has 3 rings (SSSR count). The fraction of sp³-hybridized carbons (Fsp3) is 0.235. The summed E-state index contributed by atoms with van der Waals surface area (Å²) < 4.78 is 0. The van der Waals surface area contributed by atoms with Gasteiger partial charge in [0.25, 0.3) is 0 Å². The van der Waals surface area contributed by atoms with Crippen LogP contribution in [-0.2, 0) is 0 Å². The molecule has 0 aliphatic carbocycles. The first-order valence-electron chi connectivity index (χ1n) is 6.88. The summed E-state index contributed by atoms with van der Waals surface area (Å²) in [5.41, 5.74) is 2.23. The molecule has 1 heterocycles. The van der Waals surface area contributed by atoms with E-state index >= 15 is 0 Å². The molecule has 0 aromatic heterocycles. The summed E-state index contributed by atoms with van der Waals surface area (Å²) in [6, 6.07) is 20.3. The molecule has 102 valence electrons. The Balaban J connectivity index is 1.96. The second kappa shape index (κ2) is 5.47. The Bertz CT molecular complexity index is 593. The lowest BCUT2D eigenvalue weighted by Crippen LogP contribution is -2.36. The number of aliphatic hydroxyl groups is 1. The Hall–Kier alpha value is -2.13. The first-order chi connectivity index (χ1) is 9.75. The molecule has 2 atom stereocenters. The molecule has 0 radical (unpaired) electrons. The van der Waals surface area contributed by atoms with Gasteiger partial charge in [-0.3, -0.25) is 4.99 Å². The lowest BCUT2D eigenvalue weighted by atomic mass is 10.1. The second-order valence-electron chi connectivity index (χ2n) is 5.03. The molecule has 0 spiro atoms. The summed E-state index contributed by atoms with van der Waals surface area (Å²) in [6.07, 6.45) is -0.539. The molecule has 1 N–H and O–H groups in total. The molecule has 2 aromatic rings. The Morgan fingerprint density at radius 1 is 1.05 bits per heavy atom. The monoisotopic (exact) mass is 266 g/mol. The van der Waals surface area contributed by atoms with E-state index in [0.29, 0.717) is 6.54 Å². The number of nitrogens with zero attached hydrogens (tertiary/aromatic N) is 2. The lowest BCUT2D eigenvalue weighted by Gasteiger charge is -2.24. The van der Waals surface area contributed by atoms with E-state index in [0.717, 1.165) is 11.4 Å². The van der Waals surface area contributed by atoms with E-state index < -0.39 is 6.23 Å². The smallest absolute Gasteiger partial charge is 0.133 e. The zero-order valence-corrected chi connectivity index (χ0v) is 11.5. The maximum Gasteiger partial charge on any atom is 0.133 e. The van der Waals surface area contributed by atoms with E-state index in [-0.39, 0.29) is 6.04 Å². The predicted molar refractivity (Wildman–Crippen MR) is 80.5 cm³/mol. The SMILES string of the molecule is CC(O)N1CC(c2ccccc2)N=C1c1ccccc1. The average molecular weight is 266 g/mol. The van der Waals surface area contributed by atoms with E-state index in [4.69, 9.17) is 4.99 Å². The minimum absolute atomic E-state index is 0.0843. The van der Waals surface area contributed by atoms with Crippen LogP contribution in [0.1, 0.15) is 24.1 Å². The summed E-state index contributed by atoms with van der Waals surface area (Å²) in [5, 5.41) is 9.99. The first kappa shape index (κ1) is 12.9. The van der Waals surface area contributed by atoms with E-state index in [2.05, 4.69) is 12.1 Å². The summed E-state index contributed by atoms with van der Waals surface area (Å²) in [5.74, 6) is 0.870. The molecule has 1 aliphatic rings. The summed E-state index contributed by atoms with van der Waals surface area (Å²) >= 11 is 0. The van der Waals surface area contributed by atoms with Gasteiger partial charge in [0.2, 0.25) is 0 Å². The number of aliphatic imine (C=N–C) groups is 1. The van der Waals surface area contributed by atoms with Crippen LogP contribution in [0.3, 0.4) is 0 Å². The molecule has 0 amide bonds. The summed E-state index contributed by atoms with van der Waals surface area (Å²) in [7, 11) is 0. The Morgan fingerprint density at radius 3 is 2.25 bits per heavy atom. The van der Waals surface area contributed by atoms with Crippen LogP contribution in [0.5, 0.6) is 0 Å². The van der Waals surface area contributed by atoms with Crippen molar-refractivity contribution in [1.82, 2.24) is 4.90 Å². The third-order valence-electron chi connectivity index (χ3n) is 3.59. The van der Waals surface area contributed by atoms with Crippen LogP contribution in [-0.4, -0.2) is 28.6 Å². The second-order valence-corrected chi connectivity index (χ2v) is 5.03. The Labute approximate surface area is 119 Å². The fourth-order valence-electron chi connectivity index (χ4n) is 2.55. The van der Waals surface area contributed by atoms with Crippen molar-refractivity contribution in [2.45, 2.75) is 19.2 Å². The number of aliphatic hydroxyl groups excluding tert-OH is 1. The topological polar surface area (TPSA) is 35.8 Å². The van der Waals surface area contributed by atoms with Gasteiger partial charge in [-0.1, -0.05) is 60.7 Å². The van der Waals surface area contributed by atoms with E-state index in [1.165, 1.54) is 5.56 Å². The number of hydrogen-bond donors (Lipinski definition) is 1. The molecule has 0 saturated heterocycles. The first-order valence-corrected chi connectivity index (χ1v) is 6.88. The molecule has 3 heteroatoms. The summed E-state index contributed by atoms with van der Waals surface area (Å²) in [4.78, 5) is 6.77. The highest BCUT2D eigenvalue weighted by Gasteiger charge is 2.29. The zero-order chi connectivity index (χ0) is 13.9. The largest absolute Gasteiger partial charge is 0.374 e. The van der Waals surface area contributed by atoms with Crippen molar-refractivity contribution in [2.75, 3.05) is 6.54 Å². The van der Waals surface area contributed by atoms with Gasteiger partial charge in [-0.15, -0.1) is 0 Å². The molecule has 1 aliphatic heterocycles. The van der Waals surface area contributed by atoms with Gasteiger partial charge >= 0.3 is 0 Å². The number of hydrogen-bond acceptors (Lipinski definition) is 3. The van der Waals surface area contributed by atoms with Crippen LogP contribution in [0, 0.1) is 0 Å². The van der Waals surface area contributed by atoms with Gasteiger partial charge in [-0.2, -0.15) is 0 Å². The molecule has 3 nitrogen and oxygen atoms in total. The van der Waals surface area contributed by atoms with Crippen molar-refractivity contribution in [3.8, 4) is 0 Å². The zero-order valence-electron chi connectivity index (χ0n) is 11.5. The van der Waals surface area contributed by atoms with Gasteiger partial charge in [0.05, 0.1) is 6.04 Å². The van der Waals surface area contributed by atoms with Crippen LogP contribution < -0.4 is 0 Å². The lowest BCUT2D eigenvalue weighted by molar-refractivity contribution is 0.0747. The third-order valence-corrected chi connectivity index (χ3v) is 3.59. The highest BCUT2D eigenvalue weighted by atomic mass is 16.3. The van der Waals surface area contributed by atoms with Crippen LogP contribution in [0.2, 0.25) is 0 Å². The molecule has 20 heavy (non-hydrogen) atoms. The fourth-order valence-corrected chi connectivity index (χ4v) is 2.55. The van der Waals surface area contributed by atoms with Crippen molar-refractivity contribution in [1.29, 1.82) is 0 Å². The highest BCUT2D eigenvalue weighted by molar-refractivity contribution is 6.00. The Kier molecular flexibility index (Phi) is 3.52. The molecular weight excluding hydrogens is 248 g/mol. The maximum absolute atomic E-state index is 9.99. The van der Waals surface area contributed by atoms with Crippen molar-refractivity contribution in [2.24, 2.45) is 4.99 Å². The molecule has 2 unspecified atom stereocenters. The van der Waals surface area contributed by atoms with Gasteiger partial charge in [-0.05, 0) is 12.5 Å². The quantitative estimate of drug-likeness (QED) is 0.927. The average Bonchev–Trinajstić information content (AvgIpc) is 2.94. The van der Waals surface area contributed by atoms with Crippen molar-refractivity contribution in [3.05, 3.63) is 71.8 Å². The molecule has 0 bridgehead atoms.